The summed E-state index contributed by atoms with van der Waals surface area (Å²) in [5, 5.41) is 14.4. The van der Waals surface area contributed by atoms with Crippen molar-refractivity contribution in [2.75, 3.05) is 13.1 Å². The van der Waals surface area contributed by atoms with Crippen LogP contribution in [0.25, 0.3) is 0 Å². The maximum atomic E-state index is 10.6. The second-order valence-corrected chi connectivity index (χ2v) is 2.64. The van der Waals surface area contributed by atoms with Crippen LogP contribution in [0, 0.1) is 0 Å². The first-order valence-electron chi connectivity index (χ1n) is 3.38. The van der Waals surface area contributed by atoms with Crippen molar-refractivity contribution in [3.63, 3.8) is 0 Å². The van der Waals surface area contributed by atoms with E-state index in [1.165, 1.54) is 0 Å². The topological polar surface area (TPSA) is 61.4 Å². The number of carbonyl (C=O) groups is 1. The summed E-state index contributed by atoms with van der Waals surface area (Å²) >= 11 is 0. The van der Waals surface area contributed by atoms with Gasteiger partial charge in [-0.05, 0) is 26.4 Å². The number of aliphatic carboxylic acids is 1. The summed E-state index contributed by atoms with van der Waals surface area (Å²) in [5.41, 5.74) is -0.905. The molecule has 4 heteroatoms. The van der Waals surface area contributed by atoms with Gasteiger partial charge in [0.2, 0.25) is 0 Å². The van der Waals surface area contributed by atoms with Gasteiger partial charge in [0.05, 0.1) is 0 Å². The summed E-state index contributed by atoms with van der Waals surface area (Å²) in [5.74, 6) is -0.841. The lowest BCUT2D eigenvalue weighted by Crippen LogP contribution is -2.63. The number of nitrogens with one attached hydrogen (secondary N) is 2. The van der Waals surface area contributed by atoms with Crippen LogP contribution in [-0.2, 0) is 4.79 Å². The van der Waals surface area contributed by atoms with Crippen LogP contribution in [0.1, 0.15) is 13.3 Å². The van der Waals surface area contributed by atoms with Crippen molar-refractivity contribution in [1.29, 1.82) is 0 Å². The van der Waals surface area contributed by atoms with E-state index in [0.29, 0.717) is 0 Å². The molecule has 1 heterocycles. The van der Waals surface area contributed by atoms with Crippen LogP contribution < -0.4 is 10.6 Å². The second kappa shape index (κ2) is 2.56. The molecule has 0 unspecified atom stereocenters. The standard InChI is InChI=1S/C6H12N2O2/c1-6(5(9)10)7-3-2-4-8-6/h7-8H,2-4H2,1H3,(H,9,10). The minimum atomic E-state index is -0.905. The Kier molecular flexibility index (Phi) is 1.92. The minimum Gasteiger partial charge on any atom is -0.479 e. The molecule has 0 spiro atoms. The number of carboxylic acid groups (broad SMARTS) is 1. The normalized spacial score (nSPS) is 24.1. The molecule has 1 saturated heterocycles. The zero-order valence-corrected chi connectivity index (χ0v) is 5.98. The first-order chi connectivity index (χ1) is 4.65. The highest BCUT2D eigenvalue weighted by Crippen LogP contribution is 2.02. The van der Waals surface area contributed by atoms with E-state index < -0.39 is 11.6 Å². The molecule has 0 aromatic carbocycles. The fourth-order valence-electron chi connectivity index (χ4n) is 0.979. The van der Waals surface area contributed by atoms with E-state index in [1.54, 1.807) is 6.92 Å². The zero-order chi connectivity index (χ0) is 7.61. The van der Waals surface area contributed by atoms with Crippen LogP contribution in [0.5, 0.6) is 0 Å². The summed E-state index contributed by atoms with van der Waals surface area (Å²) in [6.07, 6.45) is 0.989. The van der Waals surface area contributed by atoms with E-state index in [0.717, 1.165) is 19.5 Å². The van der Waals surface area contributed by atoms with E-state index in [9.17, 15) is 4.79 Å². The van der Waals surface area contributed by atoms with Gasteiger partial charge in [-0.2, -0.15) is 0 Å². The van der Waals surface area contributed by atoms with Crippen molar-refractivity contribution < 1.29 is 9.90 Å². The third-order valence-corrected chi connectivity index (χ3v) is 1.74. The SMILES string of the molecule is CC1(C(=O)O)NCCCN1. The molecule has 0 aromatic heterocycles. The summed E-state index contributed by atoms with van der Waals surface area (Å²) < 4.78 is 0. The molecule has 4 nitrogen and oxygen atoms in total. The maximum Gasteiger partial charge on any atom is 0.338 e. The number of hydrogen-bond donors (Lipinski definition) is 3. The molecule has 0 amide bonds. The summed E-state index contributed by atoms with van der Waals surface area (Å²) in [4.78, 5) is 10.6. The van der Waals surface area contributed by atoms with Gasteiger partial charge in [0.15, 0.2) is 5.66 Å². The fraction of sp³-hybridized carbons (Fsp3) is 0.833. The van der Waals surface area contributed by atoms with Gasteiger partial charge in [-0.15, -0.1) is 0 Å². The van der Waals surface area contributed by atoms with Crippen LogP contribution >= 0.6 is 0 Å². The molecule has 1 rings (SSSR count). The lowest BCUT2D eigenvalue weighted by molar-refractivity contribution is -0.146. The molecule has 0 aromatic rings. The molecule has 1 aliphatic heterocycles. The van der Waals surface area contributed by atoms with Gasteiger partial charge in [0.1, 0.15) is 0 Å². The Morgan fingerprint density at radius 1 is 1.50 bits per heavy atom. The Labute approximate surface area is 59.6 Å². The Hall–Kier alpha value is -0.610. The lowest BCUT2D eigenvalue weighted by atomic mass is 10.1. The van der Waals surface area contributed by atoms with Crippen LogP contribution in [0.2, 0.25) is 0 Å². The van der Waals surface area contributed by atoms with Gasteiger partial charge < -0.3 is 5.11 Å². The third kappa shape index (κ3) is 1.27. The van der Waals surface area contributed by atoms with Crippen molar-refractivity contribution in [3.8, 4) is 0 Å². The first kappa shape index (κ1) is 7.50. The molecular formula is C6H12N2O2. The Morgan fingerprint density at radius 3 is 2.30 bits per heavy atom. The summed E-state index contributed by atoms with van der Waals surface area (Å²) in [6.45, 7) is 3.18. The van der Waals surface area contributed by atoms with Gasteiger partial charge in [-0.3, -0.25) is 10.6 Å². The third-order valence-electron chi connectivity index (χ3n) is 1.74. The molecule has 0 radical (unpaired) electrons. The predicted octanol–water partition coefficient (Wildman–Crippen LogP) is -0.630. The van der Waals surface area contributed by atoms with Gasteiger partial charge in [-0.1, -0.05) is 0 Å². The molecule has 58 valence electrons. The first-order valence-corrected chi connectivity index (χ1v) is 3.38. The molecular weight excluding hydrogens is 132 g/mol. The monoisotopic (exact) mass is 144 g/mol. The van der Waals surface area contributed by atoms with Crippen molar-refractivity contribution in [3.05, 3.63) is 0 Å². The minimum absolute atomic E-state index is 0.774. The van der Waals surface area contributed by atoms with Crippen molar-refractivity contribution in [2.45, 2.75) is 19.0 Å². The Bertz CT molecular complexity index is 141. The lowest BCUT2D eigenvalue weighted by Gasteiger charge is -2.31. The number of carboxylic acids is 1. The van der Waals surface area contributed by atoms with Crippen molar-refractivity contribution in [1.82, 2.24) is 10.6 Å². The predicted molar refractivity (Wildman–Crippen MR) is 36.7 cm³/mol. The van der Waals surface area contributed by atoms with Crippen molar-refractivity contribution >= 4 is 5.97 Å². The highest BCUT2D eigenvalue weighted by molar-refractivity contribution is 5.77. The van der Waals surface area contributed by atoms with Gasteiger partial charge in [0.25, 0.3) is 0 Å². The van der Waals surface area contributed by atoms with Crippen LogP contribution in [-0.4, -0.2) is 29.8 Å². The molecule has 3 N–H and O–H groups in total. The average Bonchev–Trinajstić information content (AvgIpc) is 1.89. The van der Waals surface area contributed by atoms with Crippen LogP contribution in [0.4, 0.5) is 0 Å². The smallest absolute Gasteiger partial charge is 0.338 e. The molecule has 0 saturated carbocycles. The van der Waals surface area contributed by atoms with E-state index in [4.69, 9.17) is 5.11 Å². The molecule has 10 heavy (non-hydrogen) atoms. The van der Waals surface area contributed by atoms with Crippen LogP contribution in [0.3, 0.4) is 0 Å². The van der Waals surface area contributed by atoms with E-state index in [2.05, 4.69) is 10.6 Å². The summed E-state index contributed by atoms with van der Waals surface area (Å²) in [7, 11) is 0. The van der Waals surface area contributed by atoms with Gasteiger partial charge >= 0.3 is 5.97 Å². The highest BCUT2D eigenvalue weighted by atomic mass is 16.4. The Balaban J connectivity index is 2.56. The molecule has 1 fully saturated rings. The maximum absolute atomic E-state index is 10.6. The number of rotatable bonds is 1. The van der Waals surface area contributed by atoms with E-state index in [-0.39, 0.29) is 0 Å². The highest BCUT2D eigenvalue weighted by Gasteiger charge is 2.33. The van der Waals surface area contributed by atoms with Crippen LogP contribution in [0.15, 0.2) is 0 Å². The molecule has 0 atom stereocenters. The van der Waals surface area contributed by atoms with Gasteiger partial charge in [0, 0.05) is 0 Å². The summed E-state index contributed by atoms with van der Waals surface area (Å²) in [6, 6.07) is 0. The van der Waals surface area contributed by atoms with Crippen molar-refractivity contribution in [2.24, 2.45) is 0 Å². The number of hydrogen-bond acceptors (Lipinski definition) is 3. The molecule has 0 aliphatic carbocycles. The Morgan fingerprint density at radius 2 is 2.00 bits per heavy atom. The quantitative estimate of drug-likeness (QED) is 0.458. The molecule has 0 bridgehead atoms. The van der Waals surface area contributed by atoms with Gasteiger partial charge in [-0.25, -0.2) is 4.79 Å². The zero-order valence-electron chi connectivity index (χ0n) is 5.98. The second-order valence-electron chi connectivity index (χ2n) is 2.64. The fourth-order valence-corrected chi connectivity index (χ4v) is 0.979. The largest absolute Gasteiger partial charge is 0.479 e. The average molecular weight is 144 g/mol. The van der Waals surface area contributed by atoms with E-state index in [1.807, 2.05) is 0 Å². The van der Waals surface area contributed by atoms with E-state index >= 15 is 0 Å². The molecule has 1 aliphatic rings.